The van der Waals surface area contributed by atoms with Crippen molar-refractivity contribution >= 4 is 11.9 Å². The Morgan fingerprint density at radius 1 is 1.22 bits per heavy atom. The van der Waals surface area contributed by atoms with Crippen LogP contribution in [-0.2, 0) is 4.79 Å². The summed E-state index contributed by atoms with van der Waals surface area (Å²) >= 11 is 0. The van der Waals surface area contributed by atoms with E-state index in [0.717, 1.165) is 0 Å². The molecule has 1 rings (SSSR count). The van der Waals surface area contributed by atoms with Crippen molar-refractivity contribution < 1.29 is 19.4 Å². The number of amides is 1. The second-order valence-corrected chi connectivity index (χ2v) is 4.12. The Morgan fingerprint density at radius 3 is 2.22 bits per heavy atom. The van der Waals surface area contributed by atoms with Gasteiger partial charge in [-0.2, -0.15) is 0 Å². The van der Waals surface area contributed by atoms with Crippen LogP contribution in [0.5, 0.6) is 5.75 Å². The summed E-state index contributed by atoms with van der Waals surface area (Å²) in [6, 6.07) is 6.19. The molecule has 0 fully saturated rings. The molecule has 1 amide bonds. The van der Waals surface area contributed by atoms with Crippen LogP contribution in [0.15, 0.2) is 24.3 Å². The first-order chi connectivity index (χ1) is 8.45. The average Bonchev–Trinajstić information content (AvgIpc) is 2.37. The van der Waals surface area contributed by atoms with Gasteiger partial charge in [-0.1, -0.05) is 0 Å². The third kappa shape index (κ3) is 3.48. The summed E-state index contributed by atoms with van der Waals surface area (Å²) in [4.78, 5) is 22.6. The highest BCUT2D eigenvalue weighted by Crippen LogP contribution is 2.12. The molecule has 0 bridgehead atoms. The van der Waals surface area contributed by atoms with Crippen LogP contribution in [0.25, 0.3) is 0 Å². The molecule has 2 N–H and O–H groups in total. The summed E-state index contributed by atoms with van der Waals surface area (Å²) in [7, 11) is 1.55. The highest BCUT2D eigenvalue weighted by atomic mass is 16.5. The van der Waals surface area contributed by atoms with Crippen LogP contribution < -0.4 is 10.1 Å². The molecule has 98 valence electrons. The predicted molar refractivity (Wildman–Crippen MR) is 66.7 cm³/mol. The van der Waals surface area contributed by atoms with Crippen LogP contribution >= 0.6 is 0 Å². The second-order valence-electron chi connectivity index (χ2n) is 4.12. The normalized spacial score (nSPS) is 13.5. The third-order valence-electron chi connectivity index (χ3n) is 2.85. The molecule has 0 aromatic heterocycles. The number of hydrogen-bond acceptors (Lipinski definition) is 3. The number of benzene rings is 1. The van der Waals surface area contributed by atoms with E-state index in [0.29, 0.717) is 11.3 Å². The van der Waals surface area contributed by atoms with Crippen molar-refractivity contribution in [3.63, 3.8) is 0 Å². The number of carbonyl (C=O) groups excluding carboxylic acids is 1. The van der Waals surface area contributed by atoms with Gasteiger partial charge in [0.05, 0.1) is 13.0 Å². The van der Waals surface area contributed by atoms with Crippen LogP contribution in [-0.4, -0.2) is 30.1 Å². The minimum absolute atomic E-state index is 0.293. The van der Waals surface area contributed by atoms with E-state index in [1.165, 1.54) is 0 Å². The first kappa shape index (κ1) is 14.0. The fraction of sp³-hybridized carbons (Fsp3) is 0.385. The molecule has 0 radical (unpaired) electrons. The van der Waals surface area contributed by atoms with E-state index in [4.69, 9.17) is 9.84 Å². The largest absolute Gasteiger partial charge is 0.497 e. The monoisotopic (exact) mass is 251 g/mol. The van der Waals surface area contributed by atoms with Crippen molar-refractivity contribution in [3.8, 4) is 5.75 Å². The fourth-order valence-corrected chi connectivity index (χ4v) is 1.37. The van der Waals surface area contributed by atoms with E-state index in [-0.39, 0.29) is 5.91 Å². The summed E-state index contributed by atoms with van der Waals surface area (Å²) in [5, 5.41) is 11.5. The smallest absolute Gasteiger partial charge is 0.308 e. The molecule has 0 aliphatic carbocycles. The summed E-state index contributed by atoms with van der Waals surface area (Å²) in [6.07, 6.45) is 0. The minimum atomic E-state index is -0.933. The van der Waals surface area contributed by atoms with Gasteiger partial charge in [-0.05, 0) is 38.1 Å². The molecule has 0 aliphatic heterocycles. The third-order valence-corrected chi connectivity index (χ3v) is 2.85. The van der Waals surface area contributed by atoms with Crippen LogP contribution in [0.1, 0.15) is 24.2 Å². The molecular formula is C13H17NO4. The molecular weight excluding hydrogens is 234 g/mol. The number of methoxy groups -OCH3 is 1. The average molecular weight is 251 g/mol. The predicted octanol–water partition coefficient (Wildman–Crippen LogP) is 1.53. The zero-order valence-corrected chi connectivity index (χ0v) is 10.6. The van der Waals surface area contributed by atoms with Crippen molar-refractivity contribution in [1.29, 1.82) is 0 Å². The number of aliphatic carboxylic acids is 1. The quantitative estimate of drug-likeness (QED) is 0.832. The minimum Gasteiger partial charge on any atom is -0.497 e. The molecule has 2 atom stereocenters. The van der Waals surface area contributed by atoms with Crippen molar-refractivity contribution in [2.45, 2.75) is 19.9 Å². The lowest BCUT2D eigenvalue weighted by Gasteiger charge is -2.17. The summed E-state index contributed by atoms with van der Waals surface area (Å²) in [5.74, 6) is -1.19. The number of ether oxygens (including phenoxy) is 1. The van der Waals surface area contributed by atoms with E-state index >= 15 is 0 Å². The van der Waals surface area contributed by atoms with E-state index in [1.807, 2.05) is 0 Å². The van der Waals surface area contributed by atoms with E-state index < -0.39 is 17.9 Å². The topological polar surface area (TPSA) is 75.6 Å². The van der Waals surface area contributed by atoms with Crippen LogP contribution in [0.2, 0.25) is 0 Å². The first-order valence-corrected chi connectivity index (χ1v) is 5.63. The maximum atomic E-state index is 11.8. The lowest BCUT2D eigenvalue weighted by atomic mass is 10.0. The van der Waals surface area contributed by atoms with Crippen molar-refractivity contribution in [3.05, 3.63) is 29.8 Å². The van der Waals surface area contributed by atoms with Gasteiger partial charge in [0.25, 0.3) is 5.91 Å². The van der Waals surface area contributed by atoms with Gasteiger partial charge in [0, 0.05) is 11.6 Å². The molecule has 5 nitrogen and oxygen atoms in total. The van der Waals surface area contributed by atoms with Gasteiger partial charge in [0.2, 0.25) is 0 Å². The maximum Gasteiger partial charge on any atom is 0.308 e. The van der Waals surface area contributed by atoms with Crippen molar-refractivity contribution in [2.24, 2.45) is 5.92 Å². The Labute approximate surface area is 106 Å². The summed E-state index contributed by atoms with van der Waals surface area (Å²) < 4.78 is 4.99. The Hall–Kier alpha value is -2.04. The van der Waals surface area contributed by atoms with Gasteiger partial charge in [0.1, 0.15) is 5.75 Å². The molecule has 0 saturated heterocycles. The number of carbonyl (C=O) groups is 2. The number of rotatable bonds is 5. The zero-order valence-electron chi connectivity index (χ0n) is 10.6. The van der Waals surface area contributed by atoms with Gasteiger partial charge in [-0.15, -0.1) is 0 Å². The maximum absolute atomic E-state index is 11.8. The van der Waals surface area contributed by atoms with Gasteiger partial charge in [0.15, 0.2) is 0 Å². The van der Waals surface area contributed by atoms with Crippen molar-refractivity contribution in [1.82, 2.24) is 5.32 Å². The Bertz CT molecular complexity index is 427. The van der Waals surface area contributed by atoms with Gasteiger partial charge >= 0.3 is 5.97 Å². The molecule has 0 aliphatic rings. The SMILES string of the molecule is COc1ccc(C(=O)NC(C)C(C)C(=O)O)cc1. The Kier molecular flexibility index (Phi) is 4.71. The molecule has 1 aromatic rings. The number of hydrogen-bond donors (Lipinski definition) is 2. The molecule has 0 saturated carbocycles. The highest BCUT2D eigenvalue weighted by Gasteiger charge is 2.21. The number of carboxylic acid groups (broad SMARTS) is 1. The lowest BCUT2D eigenvalue weighted by molar-refractivity contribution is -0.141. The number of nitrogens with one attached hydrogen (secondary N) is 1. The Morgan fingerprint density at radius 2 is 1.78 bits per heavy atom. The van der Waals surface area contributed by atoms with Crippen molar-refractivity contribution in [2.75, 3.05) is 7.11 Å². The zero-order chi connectivity index (χ0) is 13.7. The molecule has 1 aromatic carbocycles. The fourth-order valence-electron chi connectivity index (χ4n) is 1.37. The molecule has 5 heteroatoms. The first-order valence-electron chi connectivity index (χ1n) is 5.63. The van der Waals surface area contributed by atoms with Gasteiger partial charge in [-0.3, -0.25) is 9.59 Å². The Balaban J connectivity index is 2.67. The molecule has 0 heterocycles. The van der Waals surface area contributed by atoms with Gasteiger partial charge < -0.3 is 15.2 Å². The molecule has 18 heavy (non-hydrogen) atoms. The van der Waals surface area contributed by atoms with Crippen LogP contribution in [0.4, 0.5) is 0 Å². The number of carboxylic acids is 1. The van der Waals surface area contributed by atoms with E-state index in [2.05, 4.69) is 5.32 Å². The van der Waals surface area contributed by atoms with E-state index in [9.17, 15) is 9.59 Å². The standard InChI is InChI=1S/C13H17NO4/c1-8(13(16)17)9(2)14-12(15)10-4-6-11(18-3)7-5-10/h4-9H,1-3H3,(H,14,15)(H,16,17). The molecule has 2 unspecified atom stereocenters. The van der Waals surface area contributed by atoms with Crippen LogP contribution in [0, 0.1) is 5.92 Å². The summed E-state index contributed by atoms with van der Waals surface area (Å²) in [5.41, 5.74) is 0.472. The summed E-state index contributed by atoms with van der Waals surface area (Å²) in [6.45, 7) is 3.22. The van der Waals surface area contributed by atoms with Gasteiger partial charge in [-0.25, -0.2) is 0 Å². The van der Waals surface area contributed by atoms with E-state index in [1.54, 1.807) is 45.2 Å². The highest BCUT2D eigenvalue weighted by molar-refractivity contribution is 5.94. The lowest BCUT2D eigenvalue weighted by Crippen LogP contribution is -2.40. The van der Waals surface area contributed by atoms with Crippen LogP contribution in [0.3, 0.4) is 0 Å². The second kappa shape index (κ2) is 6.05. The molecule has 0 spiro atoms.